The van der Waals surface area contributed by atoms with Gasteiger partial charge in [-0.25, -0.2) is 0 Å². The van der Waals surface area contributed by atoms with Crippen LogP contribution >= 0.6 is 15.7 Å². The molecular formula is C8H19NO8P2. The number of hydrogen-bond donors (Lipinski definition) is 6. The maximum absolute atomic E-state index is 11.2. The maximum Gasteiger partial charge on any atom is 0.325 e. The lowest BCUT2D eigenvalue weighted by Gasteiger charge is -2.31. The van der Waals surface area contributed by atoms with E-state index in [2.05, 4.69) is 9.61 Å². The summed E-state index contributed by atoms with van der Waals surface area (Å²) in [6.45, 7) is 1.18. The second-order valence-electron chi connectivity index (χ2n) is 3.82. The average Bonchev–Trinajstić information content (AvgIpc) is 2.29. The summed E-state index contributed by atoms with van der Waals surface area (Å²) in [6, 6.07) is 0. The van der Waals surface area contributed by atoms with Gasteiger partial charge < -0.3 is 30.4 Å². The maximum atomic E-state index is 11.2. The number of nitrogens with one attached hydrogen (secondary N) is 1. The van der Waals surface area contributed by atoms with E-state index in [4.69, 9.17) is 15.1 Å². The lowest BCUT2D eigenvalue weighted by atomic mass is 10.2. The van der Waals surface area contributed by atoms with Gasteiger partial charge in [0.15, 0.2) is 0 Å². The molecule has 6 N–H and O–H groups in total. The Hall–Kier alpha value is -0.110. The van der Waals surface area contributed by atoms with Crippen LogP contribution in [0.2, 0.25) is 0 Å². The topological polar surface area (TPSA) is 157 Å². The Morgan fingerprint density at radius 1 is 1.42 bits per heavy atom. The molecule has 19 heavy (non-hydrogen) atoms. The van der Waals surface area contributed by atoms with Gasteiger partial charge in [0.05, 0.1) is 13.0 Å². The van der Waals surface area contributed by atoms with Crippen molar-refractivity contribution >= 4 is 21.6 Å². The van der Waals surface area contributed by atoms with E-state index >= 15 is 0 Å². The molecule has 0 saturated heterocycles. The summed E-state index contributed by atoms with van der Waals surface area (Å²) in [5.74, 6) is -2.15. The van der Waals surface area contributed by atoms with Gasteiger partial charge in [0.2, 0.25) is 5.91 Å². The van der Waals surface area contributed by atoms with Crippen molar-refractivity contribution in [3.8, 4) is 0 Å². The van der Waals surface area contributed by atoms with Crippen molar-refractivity contribution in [3.63, 3.8) is 0 Å². The van der Waals surface area contributed by atoms with Gasteiger partial charge >= 0.3 is 7.60 Å². The van der Waals surface area contributed by atoms with Crippen LogP contribution in [0.25, 0.3) is 0 Å². The number of carbonyl (C=O) groups is 1. The van der Waals surface area contributed by atoms with Crippen molar-refractivity contribution in [3.05, 3.63) is 0 Å². The van der Waals surface area contributed by atoms with Crippen molar-refractivity contribution in [1.82, 2.24) is 5.09 Å². The van der Waals surface area contributed by atoms with Gasteiger partial charge in [0.25, 0.3) is 0 Å². The average molecular weight is 319 g/mol. The molecule has 0 aromatic carbocycles. The lowest BCUT2D eigenvalue weighted by Crippen LogP contribution is -2.42. The first-order valence-corrected chi connectivity index (χ1v) is 8.84. The number of hydrogen-bond acceptors (Lipinski definition) is 7. The number of amides is 1. The Kier molecular flexibility index (Phi) is 8.19. The zero-order valence-corrected chi connectivity index (χ0v) is 12.3. The van der Waals surface area contributed by atoms with Crippen molar-refractivity contribution in [1.29, 1.82) is 0 Å². The molecule has 0 radical (unpaired) electrons. The van der Waals surface area contributed by atoms with Crippen LogP contribution in [-0.2, 0) is 13.9 Å². The molecule has 0 aliphatic carbocycles. The number of aliphatic hydroxyl groups excluding tert-OH is 4. The molecule has 0 aromatic rings. The van der Waals surface area contributed by atoms with E-state index in [0.717, 1.165) is 13.6 Å². The molecular weight excluding hydrogens is 300 g/mol. The van der Waals surface area contributed by atoms with Crippen molar-refractivity contribution < 1.29 is 39.2 Å². The van der Waals surface area contributed by atoms with Crippen LogP contribution in [0.5, 0.6) is 0 Å². The molecule has 0 heterocycles. The van der Waals surface area contributed by atoms with E-state index in [1.807, 2.05) is 0 Å². The smallest absolute Gasteiger partial charge is 0.325 e. The van der Waals surface area contributed by atoms with Crippen LogP contribution in [0.15, 0.2) is 0 Å². The lowest BCUT2D eigenvalue weighted by molar-refractivity contribution is -0.117. The Labute approximate surface area is 111 Å². The Bertz CT molecular complexity index is 335. The van der Waals surface area contributed by atoms with E-state index in [1.54, 1.807) is 0 Å². The minimum Gasteiger partial charge on any atom is -0.394 e. The summed E-state index contributed by atoms with van der Waals surface area (Å²) in [7, 11) is -5.95. The molecule has 114 valence electrons. The highest BCUT2D eigenvalue weighted by atomic mass is 31.2. The Morgan fingerprint density at radius 3 is 2.26 bits per heavy atom. The molecule has 11 heteroatoms. The Balaban J connectivity index is 5.01. The normalized spacial score (nSPS) is 21.0. The summed E-state index contributed by atoms with van der Waals surface area (Å²) in [4.78, 5) is 20.0. The Morgan fingerprint density at radius 2 is 1.95 bits per heavy atom. The molecule has 5 unspecified atom stereocenters. The number of aliphatic hydroxyl groups is 4. The van der Waals surface area contributed by atoms with Crippen LogP contribution in [0.4, 0.5) is 0 Å². The number of carbonyl (C=O) groups excluding carboxylic acids is 1. The first-order chi connectivity index (χ1) is 8.62. The highest BCUT2D eigenvalue weighted by molar-refractivity contribution is 7.56. The summed E-state index contributed by atoms with van der Waals surface area (Å²) in [5, 5.41) is 39.5. The van der Waals surface area contributed by atoms with E-state index < -0.39 is 52.6 Å². The van der Waals surface area contributed by atoms with Gasteiger partial charge in [-0.1, -0.05) is 0 Å². The van der Waals surface area contributed by atoms with Crippen LogP contribution < -0.4 is 5.09 Å². The van der Waals surface area contributed by atoms with Gasteiger partial charge in [0.1, 0.15) is 18.1 Å². The summed E-state index contributed by atoms with van der Waals surface area (Å²) in [5.41, 5.74) is 0. The standard InChI is InChI=1S/C8H19NO8P2/c1-5(12)9-18(4-11)8(14)7(6(13)3-10)17-19(2,15)16/h6-8,10-11,13-14H,3-4H2,1-2H3,(H,9,12)(H,15,16). The summed E-state index contributed by atoms with van der Waals surface area (Å²) < 4.78 is 15.8. The first-order valence-electron chi connectivity index (χ1n) is 5.22. The highest BCUT2D eigenvalue weighted by Crippen LogP contribution is 2.45. The predicted octanol–water partition coefficient (Wildman–Crippen LogP) is -1.66. The van der Waals surface area contributed by atoms with E-state index in [-0.39, 0.29) is 0 Å². The van der Waals surface area contributed by atoms with E-state index in [1.165, 1.54) is 0 Å². The van der Waals surface area contributed by atoms with Crippen LogP contribution in [0.1, 0.15) is 6.92 Å². The molecule has 0 aliphatic rings. The molecule has 0 saturated carbocycles. The monoisotopic (exact) mass is 319 g/mol. The zero-order valence-electron chi connectivity index (χ0n) is 10.5. The number of rotatable bonds is 8. The molecule has 0 aromatic heterocycles. The minimum absolute atomic E-state index is 0.528. The molecule has 0 fully saturated rings. The third-order valence-electron chi connectivity index (χ3n) is 1.95. The molecule has 0 bridgehead atoms. The summed E-state index contributed by atoms with van der Waals surface area (Å²) in [6.07, 6.45) is -3.87. The first kappa shape index (κ1) is 18.9. The molecule has 1 amide bonds. The van der Waals surface area contributed by atoms with Crippen molar-refractivity contribution in [2.45, 2.75) is 25.0 Å². The molecule has 0 spiro atoms. The second-order valence-corrected chi connectivity index (χ2v) is 7.61. The minimum atomic E-state index is -4.04. The fourth-order valence-electron chi connectivity index (χ4n) is 1.22. The van der Waals surface area contributed by atoms with E-state index in [0.29, 0.717) is 0 Å². The third-order valence-corrected chi connectivity index (χ3v) is 4.42. The van der Waals surface area contributed by atoms with Gasteiger partial charge in [-0.15, -0.1) is 0 Å². The van der Waals surface area contributed by atoms with Gasteiger partial charge in [-0.2, -0.15) is 0 Å². The third kappa shape index (κ3) is 7.29. The second kappa shape index (κ2) is 8.24. The predicted molar refractivity (Wildman–Crippen MR) is 67.5 cm³/mol. The van der Waals surface area contributed by atoms with E-state index in [9.17, 15) is 19.6 Å². The van der Waals surface area contributed by atoms with Crippen molar-refractivity contribution in [2.75, 3.05) is 19.6 Å². The zero-order chi connectivity index (χ0) is 15.2. The van der Waals surface area contributed by atoms with Gasteiger partial charge in [0, 0.05) is 21.7 Å². The van der Waals surface area contributed by atoms with Crippen LogP contribution in [-0.4, -0.2) is 68.9 Å². The quantitative estimate of drug-likeness (QED) is 0.290. The molecule has 5 atom stereocenters. The molecule has 0 aliphatic heterocycles. The van der Waals surface area contributed by atoms with Gasteiger partial charge in [-0.05, 0) is 0 Å². The van der Waals surface area contributed by atoms with Crippen LogP contribution in [0, 0.1) is 0 Å². The van der Waals surface area contributed by atoms with Crippen LogP contribution in [0.3, 0.4) is 0 Å². The fraction of sp³-hybridized carbons (Fsp3) is 0.875. The largest absolute Gasteiger partial charge is 0.394 e. The fourth-order valence-corrected chi connectivity index (χ4v) is 3.41. The van der Waals surface area contributed by atoms with Crippen molar-refractivity contribution in [2.24, 2.45) is 0 Å². The molecule has 9 nitrogen and oxygen atoms in total. The van der Waals surface area contributed by atoms with Gasteiger partial charge in [-0.3, -0.25) is 13.9 Å². The summed E-state index contributed by atoms with van der Waals surface area (Å²) >= 11 is 0. The highest BCUT2D eigenvalue weighted by Gasteiger charge is 2.37. The SMILES string of the molecule is CC(=O)NP(CO)C(O)C(OP(C)(=O)O)C(O)CO. The molecule has 0 rings (SSSR count).